The van der Waals surface area contributed by atoms with E-state index < -0.39 is 0 Å². The van der Waals surface area contributed by atoms with Crippen LogP contribution in [0.2, 0.25) is 0 Å². The average molecular weight is 397 g/mol. The Kier molecular flexibility index (Phi) is 4.05. The van der Waals surface area contributed by atoms with Crippen molar-refractivity contribution in [2.45, 2.75) is 56.5 Å². The van der Waals surface area contributed by atoms with Gasteiger partial charge in [-0.25, -0.2) is 9.97 Å². The minimum Gasteiger partial charge on any atom is -0.345 e. The number of hydrogen-bond acceptors (Lipinski definition) is 5. The van der Waals surface area contributed by atoms with Gasteiger partial charge in [-0.3, -0.25) is 9.59 Å². The van der Waals surface area contributed by atoms with Crippen molar-refractivity contribution in [2.24, 2.45) is 11.8 Å². The van der Waals surface area contributed by atoms with Gasteiger partial charge in [-0.2, -0.15) is 0 Å². The van der Waals surface area contributed by atoms with Crippen LogP contribution in [0.15, 0.2) is 29.8 Å². The molecule has 4 fully saturated rings. The molecule has 7 heteroatoms. The van der Waals surface area contributed by atoms with E-state index in [-0.39, 0.29) is 22.9 Å². The maximum absolute atomic E-state index is 12.9. The SMILES string of the molecule is Cc1cccc(C(=O)NC23CC4CC(C2)CC(NC(=O)c2nccs2)(C4)C3)n1. The molecule has 0 radical (unpaired) electrons. The van der Waals surface area contributed by atoms with E-state index in [1.165, 1.54) is 17.8 Å². The first-order valence-corrected chi connectivity index (χ1v) is 10.8. The Morgan fingerprint density at radius 1 is 1.07 bits per heavy atom. The van der Waals surface area contributed by atoms with Gasteiger partial charge >= 0.3 is 0 Å². The van der Waals surface area contributed by atoms with Gasteiger partial charge in [0, 0.05) is 28.3 Å². The second-order valence-electron chi connectivity index (χ2n) is 8.93. The summed E-state index contributed by atoms with van der Waals surface area (Å²) in [4.78, 5) is 34.2. The number of nitrogens with zero attached hydrogens (tertiary/aromatic N) is 2. The number of thiazole rings is 1. The lowest BCUT2D eigenvalue weighted by molar-refractivity contribution is -0.0448. The highest BCUT2D eigenvalue weighted by Gasteiger charge is 2.58. The van der Waals surface area contributed by atoms with Crippen molar-refractivity contribution in [1.82, 2.24) is 20.6 Å². The summed E-state index contributed by atoms with van der Waals surface area (Å²) in [5.74, 6) is 0.901. The number of aryl methyl sites for hydroxylation is 1. The van der Waals surface area contributed by atoms with Crippen molar-refractivity contribution in [3.8, 4) is 0 Å². The van der Waals surface area contributed by atoms with E-state index in [2.05, 4.69) is 20.6 Å². The number of amides is 2. The summed E-state index contributed by atoms with van der Waals surface area (Å²) in [6.07, 6.45) is 7.65. The highest BCUT2D eigenvalue weighted by Crippen LogP contribution is 2.57. The van der Waals surface area contributed by atoms with E-state index in [1.54, 1.807) is 12.3 Å². The number of rotatable bonds is 4. The van der Waals surface area contributed by atoms with Gasteiger partial charge in [0.25, 0.3) is 11.8 Å². The molecule has 2 aromatic heterocycles. The molecule has 2 aromatic rings. The smallest absolute Gasteiger partial charge is 0.280 e. The zero-order valence-electron chi connectivity index (χ0n) is 15.9. The van der Waals surface area contributed by atoms with Gasteiger partial charge in [0.15, 0.2) is 5.01 Å². The maximum Gasteiger partial charge on any atom is 0.280 e. The second kappa shape index (κ2) is 6.37. The van der Waals surface area contributed by atoms with Crippen molar-refractivity contribution in [3.05, 3.63) is 46.2 Å². The standard InChI is InChI=1S/C21H24N4O2S/c1-13-3-2-4-16(23-13)17(26)24-20-8-14-7-15(9-20)11-21(10-14,12-20)25-18(27)19-22-5-6-28-19/h2-6,14-15H,7-12H2,1H3,(H,24,26)(H,25,27). The molecule has 0 spiro atoms. The summed E-state index contributed by atoms with van der Waals surface area (Å²) in [6.45, 7) is 1.89. The molecule has 28 heavy (non-hydrogen) atoms. The van der Waals surface area contributed by atoms with E-state index in [4.69, 9.17) is 0 Å². The van der Waals surface area contributed by atoms with Crippen molar-refractivity contribution < 1.29 is 9.59 Å². The number of carbonyl (C=O) groups excluding carboxylic acids is 2. The largest absolute Gasteiger partial charge is 0.345 e. The number of aromatic nitrogens is 2. The number of pyridine rings is 1. The van der Waals surface area contributed by atoms with E-state index in [0.717, 1.165) is 37.8 Å². The molecule has 2 N–H and O–H groups in total. The average Bonchev–Trinajstić information content (AvgIpc) is 3.14. The van der Waals surface area contributed by atoms with Crippen molar-refractivity contribution in [2.75, 3.05) is 0 Å². The summed E-state index contributed by atoms with van der Waals surface area (Å²) >= 11 is 1.37. The number of nitrogens with one attached hydrogen (secondary N) is 2. The molecule has 2 unspecified atom stereocenters. The highest BCUT2D eigenvalue weighted by molar-refractivity contribution is 7.11. The molecular weight excluding hydrogens is 372 g/mol. The van der Waals surface area contributed by atoms with Crippen LogP contribution in [0.4, 0.5) is 0 Å². The third-order valence-electron chi connectivity index (χ3n) is 6.57. The second-order valence-corrected chi connectivity index (χ2v) is 9.83. The van der Waals surface area contributed by atoms with Gasteiger partial charge in [-0.05, 0) is 69.4 Å². The Morgan fingerprint density at radius 3 is 2.36 bits per heavy atom. The third kappa shape index (κ3) is 3.11. The molecule has 0 aromatic carbocycles. The molecule has 4 bridgehead atoms. The zero-order valence-corrected chi connectivity index (χ0v) is 16.7. The summed E-state index contributed by atoms with van der Waals surface area (Å²) in [5, 5.41) is 8.99. The van der Waals surface area contributed by atoms with E-state index >= 15 is 0 Å². The van der Waals surface area contributed by atoms with Crippen LogP contribution in [-0.4, -0.2) is 32.9 Å². The monoisotopic (exact) mass is 396 g/mol. The minimum absolute atomic E-state index is 0.0845. The van der Waals surface area contributed by atoms with Crippen LogP contribution in [0, 0.1) is 18.8 Å². The predicted molar refractivity (Wildman–Crippen MR) is 106 cm³/mol. The van der Waals surface area contributed by atoms with Gasteiger partial charge < -0.3 is 10.6 Å². The molecule has 4 aliphatic rings. The van der Waals surface area contributed by atoms with Crippen LogP contribution in [0.5, 0.6) is 0 Å². The van der Waals surface area contributed by atoms with Gasteiger partial charge in [-0.1, -0.05) is 6.07 Å². The first-order valence-electron chi connectivity index (χ1n) is 9.93. The van der Waals surface area contributed by atoms with Gasteiger partial charge in [0.1, 0.15) is 5.69 Å². The minimum atomic E-state index is -0.247. The van der Waals surface area contributed by atoms with Gasteiger partial charge in [0.2, 0.25) is 0 Å². The lowest BCUT2D eigenvalue weighted by Gasteiger charge is -2.62. The first kappa shape index (κ1) is 17.8. The summed E-state index contributed by atoms with van der Waals surface area (Å²) in [6, 6.07) is 5.53. The Hall–Kier alpha value is -2.28. The van der Waals surface area contributed by atoms with Crippen LogP contribution in [0.25, 0.3) is 0 Å². The van der Waals surface area contributed by atoms with E-state index in [0.29, 0.717) is 22.5 Å². The highest BCUT2D eigenvalue weighted by atomic mass is 32.1. The van der Waals surface area contributed by atoms with Gasteiger partial charge in [-0.15, -0.1) is 11.3 Å². The number of hydrogen-bond donors (Lipinski definition) is 2. The molecule has 6 nitrogen and oxygen atoms in total. The lowest BCUT2D eigenvalue weighted by Crippen LogP contribution is -2.69. The Balaban J connectivity index is 1.38. The molecule has 146 valence electrons. The Labute approximate surface area is 168 Å². The summed E-state index contributed by atoms with van der Waals surface area (Å²) in [7, 11) is 0. The summed E-state index contributed by atoms with van der Waals surface area (Å²) < 4.78 is 0. The van der Waals surface area contributed by atoms with Crippen LogP contribution >= 0.6 is 11.3 Å². The fourth-order valence-corrected chi connectivity index (χ4v) is 6.69. The lowest BCUT2D eigenvalue weighted by atomic mass is 9.50. The molecule has 0 aliphatic heterocycles. The molecule has 6 rings (SSSR count). The van der Waals surface area contributed by atoms with Crippen molar-refractivity contribution in [3.63, 3.8) is 0 Å². The van der Waals surface area contributed by atoms with Crippen LogP contribution in [0.1, 0.15) is 64.5 Å². The quantitative estimate of drug-likeness (QED) is 0.832. The molecular formula is C21H24N4O2S. The Bertz CT molecular complexity index is 912. The fraction of sp³-hybridized carbons (Fsp3) is 0.524. The molecule has 4 saturated carbocycles. The van der Waals surface area contributed by atoms with E-state index in [1.807, 2.05) is 24.4 Å². The van der Waals surface area contributed by atoms with Crippen LogP contribution < -0.4 is 10.6 Å². The van der Waals surface area contributed by atoms with Crippen molar-refractivity contribution >= 4 is 23.2 Å². The van der Waals surface area contributed by atoms with Crippen molar-refractivity contribution in [1.29, 1.82) is 0 Å². The van der Waals surface area contributed by atoms with Gasteiger partial charge in [0.05, 0.1) is 0 Å². The van der Waals surface area contributed by atoms with E-state index in [9.17, 15) is 9.59 Å². The molecule has 2 atom stereocenters. The normalized spacial score (nSPS) is 32.9. The summed E-state index contributed by atoms with van der Waals surface area (Å²) in [5.41, 5.74) is 0.824. The van der Waals surface area contributed by atoms with Crippen LogP contribution in [-0.2, 0) is 0 Å². The molecule has 0 saturated heterocycles. The first-order chi connectivity index (χ1) is 13.4. The molecule has 4 aliphatic carbocycles. The zero-order chi connectivity index (χ0) is 19.4. The number of carbonyl (C=O) groups is 2. The predicted octanol–water partition coefficient (Wildman–Crippen LogP) is 3.10. The molecule has 2 amide bonds. The molecule has 2 heterocycles. The fourth-order valence-electron chi connectivity index (χ4n) is 6.16. The maximum atomic E-state index is 12.9. The van der Waals surface area contributed by atoms with Crippen LogP contribution in [0.3, 0.4) is 0 Å². The topological polar surface area (TPSA) is 84.0 Å². The Morgan fingerprint density at radius 2 is 1.75 bits per heavy atom. The third-order valence-corrected chi connectivity index (χ3v) is 7.34.